The number of nitrogens with two attached hydrogens (primary N) is 1. The predicted octanol–water partition coefficient (Wildman–Crippen LogP) is 2.23. The quantitative estimate of drug-likeness (QED) is 0.878. The zero-order valence-corrected chi connectivity index (χ0v) is 12.3. The van der Waals surface area contributed by atoms with Crippen LogP contribution in [0, 0.1) is 6.92 Å². The minimum atomic E-state index is 0.0493. The number of hydrogen-bond donors (Lipinski definition) is 2. The number of nitrogen functional groups attached to an aromatic ring is 1. The summed E-state index contributed by atoms with van der Waals surface area (Å²) in [5, 5.41) is 2.96. The Morgan fingerprint density at radius 2 is 2.25 bits per heavy atom. The van der Waals surface area contributed by atoms with Crippen molar-refractivity contribution < 1.29 is 4.79 Å². The third-order valence-corrected chi connectivity index (χ3v) is 3.52. The van der Waals surface area contributed by atoms with Crippen LogP contribution >= 0.6 is 0 Å². The molecule has 0 saturated carbocycles. The standard InChI is InChI=1S/C15H22N4O/c1-4-11(3)17-14(20)7-8-19-13-9-10(2)5-6-12(13)18-15(19)16/h5-6,9,11H,4,7-8H2,1-3H3,(H2,16,18)(H,17,20). The molecule has 0 radical (unpaired) electrons. The van der Waals surface area contributed by atoms with Crippen molar-refractivity contribution >= 4 is 22.9 Å². The fourth-order valence-electron chi connectivity index (χ4n) is 2.15. The maximum absolute atomic E-state index is 11.8. The van der Waals surface area contributed by atoms with Crippen LogP contribution in [0.5, 0.6) is 0 Å². The fraction of sp³-hybridized carbons (Fsp3) is 0.467. The number of anilines is 1. The van der Waals surface area contributed by atoms with E-state index in [9.17, 15) is 4.79 Å². The SMILES string of the molecule is CCC(C)NC(=O)CCn1c(N)nc2ccc(C)cc21. The van der Waals surface area contributed by atoms with E-state index in [0.29, 0.717) is 18.9 Å². The molecule has 1 aromatic carbocycles. The molecule has 2 rings (SSSR count). The number of carbonyl (C=O) groups is 1. The summed E-state index contributed by atoms with van der Waals surface area (Å²) in [6.45, 7) is 6.63. The van der Waals surface area contributed by atoms with Crippen molar-refractivity contribution in [3.63, 3.8) is 0 Å². The molecule has 0 aliphatic rings. The van der Waals surface area contributed by atoms with Crippen LogP contribution in [0.4, 0.5) is 5.95 Å². The third kappa shape index (κ3) is 3.10. The van der Waals surface area contributed by atoms with E-state index < -0.39 is 0 Å². The van der Waals surface area contributed by atoms with Gasteiger partial charge in [0.1, 0.15) is 0 Å². The Morgan fingerprint density at radius 3 is 2.95 bits per heavy atom. The van der Waals surface area contributed by atoms with Crippen molar-refractivity contribution in [2.24, 2.45) is 0 Å². The second-order valence-electron chi connectivity index (χ2n) is 5.24. The molecule has 1 heterocycles. The molecule has 1 aromatic heterocycles. The van der Waals surface area contributed by atoms with Crippen molar-refractivity contribution in [1.82, 2.24) is 14.9 Å². The van der Waals surface area contributed by atoms with Crippen LogP contribution in [-0.4, -0.2) is 21.5 Å². The molecule has 0 aliphatic carbocycles. The lowest BCUT2D eigenvalue weighted by Gasteiger charge is -2.12. The summed E-state index contributed by atoms with van der Waals surface area (Å²) < 4.78 is 1.90. The molecule has 0 spiro atoms. The highest BCUT2D eigenvalue weighted by atomic mass is 16.1. The van der Waals surface area contributed by atoms with Crippen molar-refractivity contribution in [3.8, 4) is 0 Å². The van der Waals surface area contributed by atoms with Crippen LogP contribution in [0.15, 0.2) is 18.2 Å². The smallest absolute Gasteiger partial charge is 0.222 e. The summed E-state index contributed by atoms with van der Waals surface area (Å²) >= 11 is 0. The summed E-state index contributed by atoms with van der Waals surface area (Å²) in [6, 6.07) is 6.22. The molecule has 5 nitrogen and oxygen atoms in total. The second-order valence-corrected chi connectivity index (χ2v) is 5.24. The number of nitrogens with zero attached hydrogens (tertiary/aromatic N) is 2. The maximum Gasteiger partial charge on any atom is 0.222 e. The highest BCUT2D eigenvalue weighted by Crippen LogP contribution is 2.19. The van der Waals surface area contributed by atoms with Gasteiger partial charge in [-0.3, -0.25) is 4.79 Å². The van der Waals surface area contributed by atoms with E-state index >= 15 is 0 Å². The molecule has 2 aromatic rings. The van der Waals surface area contributed by atoms with Gasteiger partial charge in [0, 0.05) is 19.0 Å². The van der Waals surface area contributed by atoms with E-state index in [1.165, 1.54) is 0 Å². The van der Waals surface area contributed by atoms with Gasteiger partial charge in [-0.05, 0) is 38.0 Å². The summed E-state index contributed by atoms with van der Waals surface area (Å²) in [6.07, 6.45) is 1.34. The molecular weight excluding hydrogens is 252 g/mol. The molecule has 1 atom stereocenters. The fourth-order valence-corrected chi connectivity index (χ4v) is 2.15. The molecule has 0 fully saturated rings. The zero-order valence-electron chi connectivity index (χ0n) is 12.3. The largest absolute Gasteiger partial charge is 0.369 e. The Kier molecular flexibility index (Phi) is 4.27. The number of amides is 1. The Balaban J connectivity index is 2.11. The number of benzene rings is 1. The van der Waals surface area contributed by atoms with Crippen LogP contribution in [0.2, 0.25) is 0 Å². The lowest BCUT2D eigenvalue weighted by Crippen LogP contribution is -2.32. The Labute approximate surface area is 119 Å². The molecule has 108 valence electrons. The van der Waals surface area contributed by atoms with Crippen LogP contribution in [0.3, 0.4) is 0 Å². The predicted molar refractivity (Wildman–Crippen MR) is 81.4 cm³/mol. The number of nitrogens with one attached hydrogen (secondary N) is 1. The van der Waals surface area contributed by atoms with Crippen molar-refractivity contribution in [2.75, 3.05) is 5.73 Å². The van der Waals surface area contributed by atoms with Gasteiger partial charge in [0.2, 0.25) is 11.9 Å². The first-order valence-electron chi connectivity index (χ1n) is 7.03. The molecule has 0 saturated heterocycles. The van der Waals surface area contributed by atoms with Crippen molar-refractivity contribution in [3.05, 3.63) is 23.8 Å². The lowest BCUT2D eigenvalue weighted by atomic mass is 10.2. The molecule has 20 heavy (non-hydrogen) atoms. The van der Waals surface area contributed by atoms with Gasteiger partial charge in [-0.15, -0.1) is 0 Å². The normalized spacial score (nSPS) is 12.6. The first-order valence-corrected chi connectivity index (χ1v) is 7.03. The summed E-state index contributed by atoms with van der Waals surface area (Å²) in [5.74, 6) is 0.509. The molecule has 3 N–H and O–H groups in total. The lowest BCUT2D eigenvalue weighted by molar-refractivity contribution is -0.121. The van der Waals surface area contributed by atoms with Gasteiger partial charge in [0.05, 0.1) is 11.0 Å². The van der Waals surface area contributed by atoms with Crippen LogP contribution in [0.1, 0.15) is 32.3 Å². The number of aromatic nitrogens is 2. The van der Waals surface area contributed by atoms with E-state index in [4.69, 9.17) is 5.73 Å². The Hall–Kier alpha value is -2.04. The first kappa shape index (κ1) is 14.4. The maximum atomic E-state index is 11.8. The van der Waals surface area contributed by atoms with Gasteiger partial charge < -0.3 is 15.6 Å². The highest BCUT2D eigenvalue weighted by Gasteiger charge is 2.11. The zero-order chi connectivity index (χ0) is 14.7. The molecule has 0 aliphatic heterocycles. The van der Waals surface area contributed by atoms with Gasteiger partial charge >= 0.3 is 0 Å². The van der Waals surface area contributed by atoms with Gasteiger partial charge in [-0.2, -0.15) is 0 Å². The number of aryl methyl sites for hydroxylation is 2. The third-order valence-electron chi connectivity index (χ3n) is 3.52. The summed E-state index contributed by atoms with van der Waals surface area (Å²) in [7, 11) is 0. The van der Waals surface area contributed by atoms with E-state index in [1.54, 1.807) is 0 Å². The topological polar surface area (TPSA) is 72.9 Å². The second kappa shape index (κ2) is 5.94. The van der Waals surface area contributed by atoms with Gasteiger partial charge in [0.25, 0.3) is 0 Å². The molecule has 1 amide bonds. The van der Waals surface area contributed by atoms with Crippen molar-refractivity contribution in [1.29, 1.82) is 0 Å². The minimum Gasteiger partial charge on any atom is -0.369 e. The molecule has 5 heteroatoms. The number of carbonyl (C=O) groups excluding carboxylic acids is 1. The van der Waals surface area contributed by atoms with Gasteiger partial charge in [-0.1, -0.05) is 13.0 Å². The van der Waals surface area contributed by atoms with E-state index in [-0.39, 0.29) is 11.9 Å². The van der Waals surface area contributed by atoms with Gasteiger partial charge in [0.15, 0.2) is 0 Å². The molecular formula is C15H22N4O. The minimum absolute atomic E-state index is 0.0493. The molecule has 0 bridgehead atoms. The number of rotatable bonds is 5. The van der Waals surface area contributed by atoms with Crippen LogP contribution in [0.25, 0.3) is 11.0 Å². The number of fused-ring (bicyclic) bond motifs is 1. The van der Waals surface area contributed by atoms with E-state index in [1.807, 2.05) is 36.6 Å². The monoisotopic (exact) mass is 274 g/mol. The Bertz CT molecular complexity index is 618. The average molecular weight is 274 g/mol. The number of imidazole rings is 1. The van der Waals surface area contributed by atoms with Crippen molar-refractivity contribution in [2.45, 2.75) is 46.2 Å². The summed E-state index contributed by atoms with van der Waals surface area (Å²) in [4.78, 5) is 16.2. The Morgan fingerprint density at radius 1 is 1.50 bits per heavy atom. The van der Waals surface area contributed by atoms with Gasteiger partial charge in [-0.25, -0.2) is 4.98 Å². The molecule has 1 unspecified atom stereocenters. The highest BCUT2D eigenvalue weighted by molar-refractivity contribution is 5.80. The van der Waals surface area contributed by atoms with Crippen LogP contribution < -0.4 is 11.1 Å². The van der Waals surface area contributed by atoms with E-state index in [0.717, 1.165) is 23.0 Å². The average Bonchev–Trinajstić information content (AvgIpc) is 2.71. The first-order chi connectivity index (χ1) is 9.51. The van der Waals surface area contributed by atoms with Crippen LogP contribution in [-0.2, 0) is 11.3 Å². The number of hydrogen-bond acceptors (Lipinski definition) is 3. The summed E-state index contributed by atoms with van der Waals surface area (Å²) in [5.41, 5.74) is 8.95. The van der Waals surface area contributed by atoms with E-state index in [2.05, 4.69) is 17.2 Å².